The number of carboxylic acid groups (broad SMARTS) is 1. The Hall–Kier alpha value is -3.21. The largest absolute Gasteiger partial charge is 0.480 e. The van der Waals surface area contributed by atoms with Gasteiger partial charge in [0.25, 0.3) is 5.91 Å². The van der Waals surface area contributed by atoms with E-state index in [0.717, 1.165) is 12.0 Å². The molecule has 2 aromatic carbocycles. The molecular weight excluding hydrogens is 328 g/mol. The molecular formula is C21H20N2O3. The second kappa shape index (κ2) is 8.25. The van der Waals surface area contributed by atoms with Gasteiger partial charge in [0.15, 0.2) is 0 Å². The minimum absolute atomic E-state index is 0.374. The van der Waals surface area contributed by atoms with E-state index in [4.69, 9.17) is 0 Å². The van der Waals surface area contributed by atoms with E-state index in [1.54, 1.807) is 12.3 Å². The number of carbonyl (C=O) groups excluding carboxylic acids is 1. The number of rotatable bonds is 7. The fraction of sp³-hybridized carbons (Fsp3) is 0.190. The van der Waals surface area contributed by atoms with Gasteiger partial charge in [0.2, 0.25) is 0 Å². The Morgan fingerprint density at radius 3 is 2.50 bits per heavy atom. The van der Waals surface area contributed by atoms with Crippen LogP contribution in [0.4, 0.5) is 0 Å². The smallest absolute Gasteiger partial charge is 0.326 e. The van der Waals surface area contributed by atoms with Crippen molar-refractivity contribution in [2.24, 2.45) is 0 Å². The van der Waals surface area contributed by atoms with Crippen LogP contribution in [0, 0.1) is 0 Å². The number of nitrogens with zero attached hydrogens (tertiary/aromatic N) is 1. The molecule has 26 heavy (non-hydrogen) atoms. The van der Waals surface area contributed by atoms with Crippen molar-refractivity contribution in [3.63, 3.8) is 0 Å². The van der Waals surface area contributed by atoms with Crippen molar-refractivity contribution in [3.05, 3.63) is 78.0 Å². The number of carbonyl (C=O) groups is 2. The molecule has 2 N–H and O–H groups in total. The Labute approximate surface area is 151 Å². The highest BCUT2D eigenvalue weighted by Gasteiger charge is 2.21. The lowest BCUT2D eigenvalue weighted by Gasteiger charge is -2.15. The summed E-state index contributed by atoms with van der Waals surface area (Å²) in [5.41, 5.74) is 2.30. The average molecular weight is 348 g/mol. The number of fused-ring (bicyclic) bond motifs is 1. The van der Waals surface area contributed by atoms with Crippen LogP contribution >= 0.6 is 0 Å². The second-order valence-corrected chi connectivity index (χ2v) is 6.12. The number of benzene rings is 2. The standard InChI is InChI=1S/C21H20N2O3/c24-20(17-13-14-22-18-11-5-4-10-16(17)18)23-19(21(25)26)12-6-9-15-7-2-1-3-8-15/h1-5,7-8,10-11,13-14,19H,6,9,12H2,(H,23,24)(H,25,26)/t19-/m0/s1. The molecule has 0 saturated heterocycles. The van der Waals surface area contributed by atoms with Crippen molar-refractivity contribution < 1.29 is 14.7 Å². The molecule has 0 aliphatic rings. The zero-order chi connectivity index (χ0) is 18.4. The van der Waals surface area contributed by atoms with Crippen molar-refractivity contribution in [1.82, 2.24) is 10.3 Å². The lowest BCUT2D eigenvalue weighted by atomic mass is 10.0. The van der Waals surface area contributed by atoms with Crippen LogP contribution in [-0.4, -0.2) is 28.0 Å². The van der Waals surface area contributed by atoms with Crippen LogP contribution in [-0.2, 0) is 11.2 Å². The van der Waals surface area contributed by atoms with Crippen molar-refractivity contribution in [3.8, 4) is 0 Å². The molecule has 0 fully saturated rings. The van der Waals surface area contributed by atoms with Gasteiger partial charge < -0.3 is 10.4 Å². The molecule has 0 aliphatic heterocycles. The predicted molar refractivity (Wildman–Crippen MR) is 100 cm³/mol. The Bertz CT molecular complexity index is 904. The molecule has 1 amide bonds. The molecule has 1 heterocycles. The van der Waals surface area contributed by atoms with Gasteiger partial charge >= 0.3 is 5.97 Å². The number of amides is 1. The molecule has 0 saturated carbocycles. The summed E-state index contributed by atoms with van der Waals surface area (Å²) < 4.78 is 0. The summed E-state index contributed by atoms with van der Waals surface area (Å²) in [7, 11) is 0. The summed E-state index contributed by atoms with van der Waals surface area (Å²) in [6, 6.07) is 17.9. The first kappa shape index (κ1) is 17.6. The van der Waals surface area contributed by atoms with Gasteiger partial charge in [0.1, 0.15) is 6.04 Å². The summed E-state index contributed by atoms with van der Waals surface area (Å²) in [4.78, 5) is 28.4. The second-order valence-electron chi connectivity index (χ2n) is 6.12. The molecule has 0 aliphatic carbocycles. The maximum Gasteiger partial charge on any atom is 0.326 e. The molecule has 0 radical (unpaired) electrons. The molecule has 0 unspecified atom stereocenters. The minimum Gasteiger partial charge on any atom is -0.480 e. The maximum atomic E-state index is 12.6. The molecule has 132 valence electrons. The van der Waals surface area contributed by atoms with Crippen LogP contribution in [0.15, 0.2) is 66.9 Å². The van der Waals surface area contributed by atoms with Gasteiger partial charge in [-0.1, -0.05) is 48.5 Å². The van der Waals surface area contributed by atoms with Crippen LogP contribution in [0.1, 0.15) is 28.8 Å². The summed E-state index contributed by atoms with van der Waals surface area (Å²) in [5, 5.41) is 12.8. The quantitative estimate of drug-likeness (QED) is 0.685. The molecule has 3 aromatic rings. The number of nitrogens with one attached hydrogen (secondary N) is 1. The Balaban J connectivity index is 1.67. The number of aryl methyl sites for hydroxylation is 1. The Morgan fingerprint density at radius 1 is 1.00 bits per heavy atom. The summed E-state index contributed by atoms with van der Waals surface area (Å²) in [6.45, 7) is 0. The van der Waals surface area contributed by atoms with E-state index < -0.39 is 17.9 Å². The van der Waals surface area contributed by atoms with E-state index in [1.807, 2.05) is 54.6 Å². The first-order chi connectivity index (χ1) is 12.6. The van der Waals surface area contributed by atoms with Gasteiger partial charge in [-0.2, -0.15) is 0 Å². The van der Waals surface area contributed by atoms with Crippen LogP contribution in [0.3, 0.4) is 0 Å². The molecule has 3 rings (SSSR count). The minimum atomic E-state index is -1.02. The van der Waals surface area contributed by atoms with Gasteiger partial charge in [-0.25, -0.2) is 4.79 Å². The molecule has 1 aromatic heterocycles. The van der Waals surface area contributed by atoms with E-state index in [2.05, 4.69) is 10.3 Å². The van der Waals surface area contributed by atoms with Gasteiger partial charge in [-0.15, -0.1) is 0 Å². The van der Waals surface area contributed by atoms with Crippen LogP contribution in [0.5, 0.6) is 0 Å². The summed E-state index contributed by atoms with van der Waals surface area (Å²) in [6.07, 6.45) is 3.39. The summed E-state index contributed by atoms with van der Waals surface area (Å²) in [5.74, 6) is -1.42. The number of pyridine rings is 1. The van der Waals surface area contributed by atoms with E-state index in [0.29, 0.717) is 29.3 Å². The van der Waals surface area contributed by atoms with E-state index in [-0.39, 0.29) is 0 Å². The number of aromatic nitrogens is 1. The monoisotopic (exact) mass is 348 g/mol. The third-order valence-electron chi connectivity index (χ3n) is 4.30. The molecule has 5 nitrogen and oxygen atoms in total. The zero-order valence-corrected chi connectivity index (χ0v) is 14.3. The van der Waals surface area contributed by atoms with Crippen LogP contribution < -0.4 is 5.32 Å². The van der Waals surface area contributed by atoms with Crippen molar-refractivity contribution >= 4 is 22.8 Å². The normalized spacial score (nSPS) is 11.8. The van der Waals surface area contributed by atoms with Crippen molar-refractivity contribution in [2.75, 3.05) is 0 Å². The predicted octanol–water partition coefficient (Wildman–Crippen LogP) is 3.44. The SMILES string of the molecule is O=C(N[C@@H](CCCc1ccccc1)C(=O)O)c1ccnc2ccccc12. The number of carboxylic acids is 1. The first-order valence-corrected chi connectivity index (χ1v) is 8.56. The fourth-order valence-corrected chi connectivity index (χ4v) is 2.94. The number of hydrogen-bond donors (Lipinski definition) is 2. The van der Waals surface area contributed by atoms with Gasteiger partial charge in [0.05, 0.1) is 11.1 Å². The third kappa shape index (κ3) is 4.25. The molecule has 0 spiro atoms. The zero-order valence-electron chi connectivity index (χ0n) is 14.3. The summed E-state index contributed by atoms with van der Waals surface area (Å²) >= 11 is 0. The highest BCUT2D eigenvalue weighted by atomic mass is 16.4. The number of para-hydroxylation sites is 1. The lowest BCUT2D eigenvalue weighted by molar-refractivity contribution is -0.139. The molecule has 5 heteroatoms. The lowest BCUT2D eigenvalue weighted by Crippen LogP contribution is -2.40. The average Bonchev–Trinajstić information content (AvgIpc) is 2.67. The number of aliphatic carboxylic acids is 1. The van der Waals surface area contributed by atoms with E-state index >= 15 is 0 Å². The topological polar surface area (TPSA) is 79.3 Å². The van der Waals surface area contributed by atoms with Gasteiger partial charge in [-0.3, -0.25) is 9.78 Å². The first-order valence-electron chi connectivity index (χ1n) is 8.56. The van der Waals surface area contributed by atoms with Crippen LogP contribution in [0.25, 0.3) is 10.9 Å². The maximum absolute atomic E-state index is 12.6. The van der Waals surface area contributed by atoms with E-state index in [9.17, 15) is 14.7 Å². The van der Waals surface area contributed by atoms with Crippen molar-refractivity contribution in [2.45, 2.75) is 25.3 Å². The highest BCUT2D eigenvalue weighted by molar-refractivity contribution is 6.06. The van der Waals surface area contributed by atoms with Gasteiger partial charge in [-0.05, 0) is 37.0 Å². The third-order valence-corrected chi connectivity index (χ3v) is 4.30. The Morgan fingerprint density at radius 2 is 1.73 bits per heavy atom. The fourth-order valence-electron chi connectivity index (χ4n) is 2.94. The van der Waals surface area contributed by atoms with Crippen LogP contribution in [0.2, 0.25) is 0 Å². The number of hydrogen-bond acceptors (Lipinski definition) is 3. The van der Waals surface area contributed by atoms with Crippen molar-refractivity contribution in [1.29, 1.82) is 0 Å². The van der Waals surface area contributed by atoms with E-state index in [1.165, 1.54) is 0 Å². The molecule has 0 bridgehead atoms. The highest BCUT2D eigenvalue weighted by Crippen LogP contribution is 2.16. The molecule has 1 atom stereocenters. The Kier molecular flexibility index (Phi) is 5.59. The van der Waals surface area contributed by atoms with Gasteiger partial charge in [0, 0.05) is 11.6 Å².